The molecule has 1 saturated carbocycles. The average molecular weight is 259 g/mol. The lowest BCUT2D eigenvalue weighted by Gasteiger charge is -2.25. The molecule has 1 fully saturated rings. The summed E-state index contributed by atoms with van der Waals surface area (Å²) in [6, 6.07) is 8.33. The van der Waals surface area contributed by atoms with Gasteiger partial charge in [0, 0.05) is 29.3 Å². The summed E-state index contributed by atoms with van der Waals surface area (Å²) in [6.07, 6.45) is 2.33. The number of carbonyl (C=O) groups is 1. The van der Waals surface area contributed by atoms with Crippen molar-refractivity contribution in [1.29, 1.82) is 0 Å². The topological polar surface area (TPSA) is 60.2 Å². The van der Waals surface area contributed by atoms with Crippen LogP contribution in [0.15, 0.2) is 36.9 Å². The molecule has 0 aliphatic heterocycles. The normalized spacial score (nSPS) is 20.8. The average Bonchev–Trinajstić information content (AvgIpc) is 2.39. The summed E-state index contributed by atoms with van der Waals surface area (Å²) in [6.45, 7) is 3.89. The van der Waals surface area contributed by atoms with Crippen molar-refractivity contribution < 1.29 is 9.72 Å². The maximum Gasteiger partial charge on any atom is 0.241 e. The van der Waals surface area contributed by atoms with Crippen molar-refractivity contribution >= 4 is 11.4 Å². The van der Waals surface area contributed by atoms with Gasteiger partial charge in [-0.2, -0.15) is 0 Å². The standard InChI is InChI=1S/C15H17NO3/c1-11(12-6-3-2-4-7-12)15(16(18)19)13-8-5-9-14(17)10-13/h2-4,6-7,13,15H,1,5,8-10H2. The van der Waals surface area contributed by atoms with Crippen LogP contribution in [-0.2, 0) is 4.79 Å². The van der Waals surface area contributed by atoms with Crippen molar-refractivity contribution in [3.8, 4) is 0 Å². The van der Waals surface area contributed by atoms with E-state index in [4.69, 9.17) is 0 Å². The van der Waals surface area contributed by atoms with E-state index in [1.807, 2.05) is 30.3 Å². The van der Waals surface area contributed by atoms with E-state index < -0.39 is 6.04 Å². The summed E-state index contributed by atoms with van der Waals surface area (Å²) in [5.74, 6) is -0.0899. The van der Waals surface area contributed by atoms with Crippen LogP contribution in [0.25, 0.3) is 5.57 Å². The van der Waals surface area contributed by atoms with E-state index in [0.29, 0.717) is 18.4 Å². The zero-order valence-electron chi connectivity index (χ0n) is 10.7. The van der Waals surface area contributed by atoms with E-state index in [-0.39, 0.29) is 16.6 Å². The van der Waals surface area contributed by atoms with Crippen LogP contribution in [0.3, 0.4) is 0 Å². The highest BCUT2D eigenvalue weighted by Crippen LogP contribution is 2.32. The smallest absolute Gasteiger partial charge is 0.241 e. The number of carbonyl (C=O) groups excluding carboxylic acids is 1. The van der Waals surface area contributed by atoms with Gasteiger partial charge in [-0.3, -0.25) is 14.9 Å². The van der Waals surface area contributed by atoms with E-state index >= 15 is 0 Å². The third kappa shape index (κ3) is 3.08. The first-order valence-corrected chi connectivity index (χ1v) is 6.49. The van der Waals surface area contributed by atoms with Crippen LogP contribution in [-0.4, -0.2) is 16.7 Å². The molecule has 4 heteroatoms. The molecule has 1 aromatic carbocycles. The Morgan fingerprint density at radius 3 is 2.63 bits per heavy atom. The first kappa shape index (κ1) is 13.5. The number of Topliss-reactive ketones (excluding diaryl/α,β-unsaturated/α-hetero) is 1. The molecule has 1 aromatic rings. The second-order valence-corrected chi connectivity index (χ2v) is 5.02. The predicted molar refractivity (Wildman–Crippen MR) is 73.2 cm³/mol. The molecule has 0 bridgehead atoms. The lowest BCUT2D eigenvalue weighted by atomic mass is 9.79. The van der Waals surface area contributed by atoms with Gasteiger partial charge in [0.2, 0.25) is 6.04 Å². The van der Waals surface area contributed by atoms with Crippen LogP contribution in [0.4, 0.5) is 0 Å². The number of nitro groups is 1. The number of nitrogens with zero attached hydrogens (tertiary/aromatic N) is 1. The number of hydrogen-bond donors (Lipinski definition) is 0. The molecule has 0 spiro atoms. The highest BCUT2D eigenvalue weighted by Gasteiger charge is 2.37. The Labute approximate surface area is 112 Å². The number of hydrogen-bond acceptors (Lipinski definition) is 3. The fourth-order valence-electron chi connectivity index (χ4n) is 2.73. The minimum atomic E-state index is -0.855. The van der Waals surface area contributed by atoms with E-state index in [9.17, 15) is 14.9 Å². The molecule has 1 aliphatic rings. The molecular weight excluding hydrogens is 242 g/mol. The van der Waals surface area contributed by atoms with E-state index in [0.717, 1.165) is 18.4 Å². The second kappa shape index (κ2) is 5.78. The quantitative estimate of drug-likeness (QED) is 0.616. The van der Waals surface area contributed by atoms with Crippen LogP contribution >= 0.6 is 0 Å². The number of ketones is 1. The van der Waals surface area contributed by atoms with Crippen molar-refractivity contribution in [2.24, 2.45) is 5.92 Å². The summed E-state index contributed by atoms with van der Waals surface area (Å²) in [7, 11) is 0. The Hall–Kier alpha value is -1.97. The molecule has 2 atom stereocenters. The van der Waals surface area contributed by atoms with Gasteiger partial charge in [0.1, 0.15) is 5.78 Å². The summed E-state index contributed by atoms with van der Waals surface area (Å²) in [5.41, 5.74) is 1.28. The summed E-state index contributed by atoms with van der Waals surface area (Å²) < 4.78 is 0. The third-order valence-electron chi connectivity index (χ3n) is 3.70. The van der Waals surface area contributed by atoms with Gasteiger partial charge in [0.15, 0.2) is 0 Å². The lowest BCUT2D eigenvalue weighted by Crippen LogP contribution is -2.33. The zero-order chi connectivity index (χ0) is 13.8. The molecule has 4 nitrogen and oxygen atoms in total. The molecule has 0 aromatic heterocycles. The van der Waals surface area contributed by atoms with E-state index in [1.165, 1.54) is 0 Å². The maximum atomic E-state index is 11.5. The zero-order valence-corrected chi connectivity index (χ0v) is 10.7. The first-order valence-electron chi connectivity index (χ1n) is 6.49. The molecule has 0 saturated heterocycles. The highest BCUT2D eigenvalue weighted by molar-refractivity contribution is 5.80. The van der Waals surface area contributed by atoms with Gasteiger partial charge in [-0.15, -0.1) is 0 Å². The van der Waals surface area contributed by atoms with Crippen LogP contribution in [0.1, 0.15) is 31.2 Å². The van der Waals surface area contributed by atoms with E-state index in [1.54, 1.807) is 0 Å². The van der Waals surface area contributed by atoms with Gasteiger partial charge >= 0.3 is 0 Å². The van der Waals surface area contributed by atoms with Crippen LogP contribution in [0.2, 0.25) is 0 Å². The van der Waals surface area contributed by atoms with Gasteiger partial charge in [-0.1, -0.05) is 36.9 Å². The Balaban J connectivity index is 2.23. The van der Waals surface area contributed by atoms with Gasteiger partial charge in [0.05, 0.1) is 0 Å². The molecule has 0 N–H and O–H groups in total. The van der Waals surface area contributed by atoms with Gasteiger partial charge in [-0.05, 0) is 18.4 Å². The minimum absolute atomic E-state index is 0.129. The molecule has 19 heavy (non-hydrogen) atoms. The Kier molecular flexibility index (Phi) is 4.10. The summed E-state index contributed by atoms with van der Waals surface area (Å²) in [4.78, 5) is 22.6. The summed E-state index contributed by atoms with van der Waals surface area (Å²) in [5, 5.41) is 11.4. The minimum Gasteiger partial charge on any atom is -0.300 e. The molecule has 0 heterocycles. The Morgan fingerprint density at radius 2 is 2.05 bits per heavy atom. The van der Waals surface area contributed by atoms with Gasteiger partial charge in [0.25, 0.3) is 0 Å². The largest absolute Gasteiger partial charge is 0.300 e. The number of rotatable bonds is 4. The lowest BCUT2D eigenvalue weighted by molar-refractivity contribution is -0.515. The third-order valence-corrected chi connectivity index (χ3v) is 3.70. The second-order valence-electron chi connectivity index (χ2n) is 5.02. The van der Waals surface area contributed by atoms with Crippen molar-refractivity contribution in [2.45, 2.75) is 31.7 Å². The van der Waals surface area contributed by atoms with Crippen LogP contribution in [0, 0.1) is 16.0 Å². The molecule has 0 radical (unpaired) electrons. The predicted octanol–water partition coefficient (Wildman–Crippen LogP) is 3.10. The maximum absolute atomic E-state index is 11.5. The Bertz CT molecular complexity index is 495. The molecule has 0 amide bonds. The molecule has 2 unspecified atom stereocenters. The molecular formula is C15H17NO3. The Morgan fingerprint density at radius 1 is 1.37 bits per heavy atom. The molecule has 100 valence electrons. The SMILES string of the molecule is C=C(c1ccccc1)C(C1CCCC(=O)C1)[N+](=O)[O-]. The van der Waals surface area contributed by atoms with Gasteiger partial charge < -0.3 is 0 Å². The highest BCUT2D eigenvalue weighted by atomic mass is 16.6. The van der Waals surface area contributed by atoms with Crippen LogP contribution < -0.4 is 0 Å². The van der Waals surface area contributed by atoms with Crippen molar-refractivity contribution in [3.05, 3.63) is 52.6 Å². The fourth-order valence-corrected chi connectivity index (χ4v) is 2.73. The van der Waals surface area contributed by atoms with Crippen molar-refractivity contribution in [3.63, 3.8) is 0 Å². The number of benzene rings is 1. The van der Waals surface area contributed by atoms with Gasteiger partial charge in [-0.25, -0.2) is 0 Å². The molecule has 2 rings (SSSR count). The molecule has 1 aliphatic carbocycles. The fraction of sp³-hybridized carbons (Fsp3) is 0.400. The van der Waals surface area contributed by atoms with Crippen LogP contribution in [0.5, 0.6) is 0 Å². The van der Waals surface area contributed by atoms with Crippen molar-refractivity contribution in [1.82, 2.24) is 0 Å². The van der Waals surface area contributed by atoms with Crippen molar-refractivity contribution in [2.75, 3.05) is 0 Å². The monoisotopic (exact) mass is 259 g/mol. The van der Waals surface area contributed by atoms with E-state index in [2.05, 4.69) is 6.58 Å². The summed E-state index contributed by atoms with van der Waals surface area (Å²) >= 11 is 0. The first-order chi connectivity index (χ1) is 9.09.